The maximum atomic E-state index is 12.2. The molecule has 1 fully saturated rings. The summed E-state index contributed by atoms with van der Waals surface area (Å²) in [5.74, 6) is -0.146. The number of nitrogens with zero attached hydrogens (tertiary/aromatic N) is 1. The molecule has 1 unspecified atom stereocenters. The fourth-order valence-corrected chi connectivity index (χ4v) is 2.99. The Morgan fingerprint density at radius 1 is 1.39 bits per heavy atom. The molecule has 0 aromatic heterocycles. The lowest BCUT2D eigenvalue weighted by Gasteiger charge is -2.11. The second-order valence-corrected chi connectivity index (χ2v) is 5.94. The largest absolute Gasteiger partial charge is 0.368 e. The van der Waals surface area contributed by atoms with Crippen LogP contribution in [0.5, 0.6) is 0 Å². The summed E-state index contributed by atoms with van der Waals surface area (Å²) >= 11 is 0. The van der Waals surface area contributed by atoms with Crippen molar-refractivity contribution in [1.82, 2.24) is 5.32 Å². The number of fused-ring (bicyclic) bond motifs is 1. The lowest BCUT2D eigenvalue weighted by atomic mass is 10.0. The lowest BCUT2D eigenvalue weighted by Crippen LogP contribution is -2.35. The number of hydrogen-bond donors (Lipinski definition) is 1. The molecule has 6 heteroatoms. The number of ether oxygens (including phenoxy) is 1. The van der Waals surface area contributed by atoms with Gasteiger partial charge in [-0.25, -0.2) is 0 Å². The number of nitrogens with one attached hydrogen (secondary N) is 1. The molecule has 2 amide bonds. The SMILES string of the molecule is CN1C(=O)Cc2cc(C(=O)CCNC(=O)C3CCCO3)ccc21. The highest BCUT2D eigenvalue weighted by molar-refractivity contribution is 6.03. The van der Waals surface area contributed by atoms with Gasteiger partial charge in [-0.1, -0.05) is 0 Å². The van der Waals surface area contributed by atoms with E-state index < -0.39 is 0 Å². The first kappa shape index (κ1) is 15.7. The van der Waals surface area contributed by atoms with Gasteiger partial charge in [-0.05, 0) is 36.6 Å². The van der Waals surface area contributed by atoms with Crippen molar-refractivity contribution in [2.24, 2.45) is 0 Å². The first-order valence-corrected chi connectivity index (χ1v) is 7.88. The average molecular weight is 316 g/mol. The topological polar surface area (TPSA) is 75.7 Å². The van der Waals surface area contributed by atoms with Crippen LogP contribution in [0.3, 0.4) is 0 Å². The van der Waals surface area contributed by atoms with Crippen LogP contribution < -0.4 is 10.2 Å². The van der Waals surface area contributed by atoms with Crippen LogP contribution in [0, 0.1) is 0 Å². The molecular weight excluding hydrogens is 296 g/mol. The molecule has 0 saturated carbocycles. The van der Waals surface area contributed by atoms with Crippen LogP contribution in [0.15, 0.2) is 18.2 Å². The summed E-state index contributed by atoms with van der Waals surface area (Å²) in [4.78, 5) is 37.3. The van der Waals surface area contributed by atoms with Gasteiger partial charge in [-0.15, -0.1) is 0 Å². The van der Waals surface area contributed by atoms with Crippen molar-refractivity contribution in [1.29, 1.82) is 0 Å². The summed E-state index contributed by atoms with van der Waals surface area (Å²) in [5, 5.41) is 2.74. The highest BCUT2D eigenvalue weighted by atomic mass is 16.5. The molecule has 122 valence electrons. The van der Waals surface area contributed by atoms with E-state index in [9.17, 15) is 14.4 Å². The highest BCUT2D eigenvalue weighted by Crippen LogP contribution is 2.28. The van der Waals surface area contributed by atoms with Crippen LogP contribution >= 0.6 is 0 Å². The third-order valence-corrected chi connectivity index (χ3v) is 4.35. The van der Waals surface area contributed by atoms with Crippen LogP contribution in [-0.2, 0) is 20.7 Å². The average Bonchev–Trinajstić information content (AvgIpc) is 3.16. The molecule has 0 radical (unpaired) electrons. The number of Topliss-reactive ketones (excluding diaryl/α,β-unsaturated/α-hetero) is 1. The number of ketones is 1. The van der Waals surface area contributed by atoms with Crippen molar-refractivity contribution in [3.8, 4) is 0 Å². The van der Waals surface area contributed by atoms with Gasteiger partial charge in [0.1, 0.15) is 6.10 Å². The molecule has 23 heavy (non-hydrogen) atoms. The molecule has 6 nitrogen and oxygen atoms in total. The Morgan fingerprint density at radius 3 is 2.96 bits per heavy atom. The molecule has 3 rings (SSSR count). The van der Waals surface area contributed by atoms with Crippen molar-refractivity contribution in [3.63, 3.8) is 0 Å². The molecule has 1 atom stereocenters. The fourth-order valence-electron chi connectivity index (χ4n) is 2.99. The number of hydrogen-bond acceptors (Lipinski definition) is 4. The summed E-state index contributed by atoms with van der Waals surface area (Å²) in [6.45, 7) is 0.923. The smallest absolute Gasteiger partial charge is 0.249 e. The molecule has 2 heterocycles. The van der Waals surface area contributed by atoms with E-state index >= 15 is 0 Å². The van der Waals surface area contributed by atoms with E-state index in [-0.39, 0.29) is 30.1 Å². The number of amides is 2. The zero-order valence-corrected chi connectivity index (χ0v) is 13.1. The number of benzene rings is 1. The van der Waals surface area contributed by atoms with E-state index in [0.29, 0.717) is 25.1 Å². The maximum Gasteiger partial charge on any atom is 0.249 e. The van der Waals surface area contributed by atoms with E-state index in [4.69, 9.17) is 4.74 Å². The van der Waals surface area contributed by atoms with Crippen LogP contribution in [0.25, 0.3) is 0 Å². The molecule has 0 bridgehead atoms. The number of rotatable bonds is 5. The van der Waals surface area contributed by atoms with E-state index in [0.717, 1.165) is 24.1 Å². The second-order valence-electron chi connectivity index (χ2n) is 5.94. The van der Waals surface area contributed by atoms with Crippen molar-refractivity contribution < 1.29 is 19.1 Å². The van der Waals surface area contributed by atoms with E-state index in [1.165, 1.54) is 0 Å². The monoisotopic (exact) mass is 316 g/mol. The summed E-state index contributed by atoms with van der Waals surface area (Å²) in [6, 6.07) is 5.32. The standard InChI is InChI=1S/C17H20N2O4/c1-19-13-5-4-11(9-12(13)10-16(19)21)14(20)6-7-18-17(22)15-3-2-8-23-15/h4-5,9,15H,2-3,6-8,10H2,1H3,(H,18,22). The van der Waals surface area contributed by atoms with Gasteiger partial charge < -0.3 is 15.0 Å². The van der Waals surface area contributed by atoms with Gasteiger partial charge in [0.15, 0.2) is 5.78 Å². The minimum Gasteiger partial charge on any atom is -0.368 e. The molecule has 1 saturated heterocycles. The second kappa shape index (κ2) is 6.50. The first-order chi connectivity index (χ1) is 11.1. The quantitative estimate of drug-likeness (QED) is 0.825. The summed E-state index contributed by atoms with van der Waals surface area (Å²) in [6.07, 6.45) is 1.85. The van der Waals surface area contributed by atoms with Gasteiger partial charge in [-0.2, -0.15) is 0 Å². The van der Waals surface area contributed by atoms with Gasteiger partial charge in [0.05, 0.1) is 6.42 Å². The summed E-state index contributed by atoms with van der Waals surface area (Å²) in [5.41, 5.74) is 2.32. The Hall–Kier alpha value is -2.21. The highest BCUT2D eigenvalue weighted by Gasteiger charge is 2.25. The molecule has 2 aliphatic rings. The predicted molar refractivity (Wildman–Crippen MR) is 84.5 cm³/mol. The molecule has 1 aromatic carbocycles. The zero-order chi connectivity index (χ0) is 16.4. The molecule has 1 N–H and O–H groups in total. The lowest BCUT2D eigenvalue weighted by molar-refractivity contribution is -0.130. The Labute approximate surface area is 134 Å². The molecule has 0 aliphatic carbocycles. The van der Waals surface area contributed by atoms with Gasteiger partial charge in [-0.3, -0.25) is 14.4 Å². The Morgan fingerprint density at radius 2 is 2.22 bits per heavy atom. The third-order valence-electron chi connectivity index (χ3n) is 4.35. The molecule has 0 spiro atoms. The molecular formula is C17H20N2O4. The van der Waals surface area contributed by atoms with E-state index in [1.54, 1.807) is 30.1 Å². The Kier molecular flexibility index (Phi) is 4.43. The van der Waals surface area contributed by atoms with Gasteiger partial charge >= 0.3 is 0 Å². The van der Waals surface area contributed by atoms with Crippen molar-refractivity contribution >= 4 is 23.3 Å². The maximum absolute atomic E-state index is 12.2. The number of likely N-dealkylation sites (N-methyl/N-ethyl adjacent to an activating group) is 1. The fraction of sp³-hybridized carbons (Fsp3) is 0.471. The van der Waals surface area contributed by atoms with E-state index in [2.05, 4.69) is 5.32 Å². The minimum absolute atomic E-state index is 0.0356. The van der Waals surface area contributed by atoms with Gasteiger partial charge in [0.25, 0.3) is 0 Å². The predicted octanol–water partition coefficient (Wildman–Crippen LogP) is 1.07. The Bertz CT molecular complexity index is 650. The summed E-state index contributed by atoms with van der Waals surface area (Å²) < 4.78 is 5.29. The molecule has 2 aliphatic heterocycles. The minimum atomic E-state index is -0.369. The summed E-state index contributed by atoms with van der Waals surface area (Å²) in [7, 11) is 1.73. The first-order valence-electron chi connectivity index (χ1n) is 7.88. The van der Waals surface area contributed by atoms with Crippen LogP contribution in [0.4, 0.5) is 5.69 Å². The van der Waals surface area contributed by atoms with Crippen molar-refractivity contribution in [2.75, 3.05) is 25.1 Å². The number of carbonyl (C=O) groups excluding carboxylic acids is 3. The van der Waals surface area contributed by atoms with Gasteiger partial charge in [0, 0.05) is 37.9 Å². The Balaban J connectivity index is 1.54. The number of carbonyl (C=O) groups is 3. The third kappa shape index (κ3) is 3.27. The normalized spacial score (nSPS) is 19.8. The van der Waals surface area contributed by atoms with Crippen LogP contribution in [-0.4, -0.2) is 43.9 Å². The number of anilines is 1. The van der Waals surface area contributed by atoms with Gasteiger partial charge in [0.2, 0.25) is 11.8 Å². The van der Waals surface area contributed by atoms with Crippen molar-refractivity contribution in [2.45, 2.75) is 31.8 Å². The van der Waals surface area contributed by atoms with Crippen molar-refractivity contribution in [3.05, 3.63) is 29.3 Å². The van der Waals surface area contributed by atoms with E-state index in [1.807, 2.05) is 0 Å². The zero-order valence-electron chi connectivity index (χ0n) is 13.1. The van der Waals surface area contributed by atoms with Crippen LogP contribution in [0.2, 0.25) is 0 Å². The molecule has 1 aromatic rings. The van der Waals surface area contributed by atoms with Crippen LogP contribution in [0.1, 0.15) is 35.2 Å².